The second-order valence-electron chi connectivity index (χ2n) is 3.46. The van der Waals surface area contributed by atoms with Crippen molar-refractivity contribution >= 4 is 29.1 Å². The van der Waals surface area contributed by atoms with E-state index in [9.17, 15) is 14.4 Å². The second-order valence-corrected chi connectivity index (χ2v) is 3.46. The molecule has 0 heterocycles. The minimum Gasteiger partial charge on any atom is -0.318 e. The molecule has 1 aliphatic rings. The Kier molecular flexibility index (Phi) is 4.50. The molecule has 0 atom stereocenters. The number of carbonyl (C=O) groups excluding carboxylic acids is 3. The molecule has 7 heteroatoms. The Morgan fingerprint density at radius 2 is 1.53 bits per heavy atom. The van der Waals surface area contributed by atoms with Gasteiger partial charge in [0, 0.05) is 26.7 Å². The molecule has 0 aliphatic heterocycles. The van der Waals surface area contributed by atoms with Crippen molar-refractivity contribution in [3.05, 3.63) is 0 Å². The fourth-order valence-electron chi connectivity index (χ4n) is 1.20. The molecule has 1 fully saturated rings. The van der Waals surface area contributed by atoms with Crippen LogP contribution in [0.3, 0.4) is 0 Å². The summed E-state index contributed by atoms with van der Waals surface area (Å²) in [5.74, 6) is -1.19. The first-order valence-electron chi connectivity index (χ1n) is 5.00. The zero-order valence-electron chi connectivity index (χ0n) is 9.56. The van der Waals surface area contributed by atoms with Crippen molar-refractivity contribution in [3.8, 4) is 0 Å². The molecule has 0 saturated heterocycles. The number of oxime groups is 2. The van der Waals surface area contributed by atoms with Gasteiger partial charge >= 0.3 is 11.9 Å². The van der Waals surface area contributed by atoms with Gasteiger partial charge in [-0.2, -0.15) is 0 Å². The number of rotatable bonds is 2. The molecule has 0 bridgehead atoms. The molecule has 0 N–H and O–H groups in total. The molecule has 92 valence electrons. The summed E-state index contributed by atoms with van der Waals surface area (Å²) in [7, 11) is 0. The topological polar surface area (TPSA) is 94.4 Å². The van der Waals surface area contributed by atoms with Gasteiger partial charge in [0.1, 0.15) is 17.2 Å². The van der Waals surface area contributed by atoms with Crippen molar-refractivity contribution in [2.45, 2.75) is 33.1 Å². The van der Waals surface area contributed by atoms with E-state index in [-0.39, 0.29) is 17.9 Å². The van der Waals surface area contributed by atoms with Crippen molar-refractivity contribution in [3.63, 3.8) is 0 Å². The van der Waals surface area contributed by atoms with Crippen LogP contribution in [0.25, 0.3) is 0 Å². The molecule has 0 spiro atoms. The third-order valence-electron chi connectivity index (χ3n) is 1.91. The lowest BCUT2D eigenvalue weighted by atomic mass is 9.95. The summed E-state index contributed by atoms with van der Waals surface area (Å²) in [6.07, 6.45) is 0.638. The van der Waals surface area contributed by atoms with Crippen LogP contribution in [0.5, 0.6) is 0 Å². The SMILES string of the molecule is CC(=O)O/N=C1/CCC(=O)C/C1=N\OC(C)=O. The maximum atomic E-state index is 11.2. The molecule has 0 aromatic heterocycles. The van der Waals surface area contributed by atoms with E-state index < -0.39 is 11.9 Å². The molecule has 7 nitrogen and oxygen atoms in total. The van der Waals surface area contributed by atoms with E-state index in [2.05, 4.69) is 20.0 Å². The monoisotopic (exact) mass is 240 g/mol. The van der Waals surface area contributed by atoms with Crippen molar-refractivity contribution in [1.82, 2.24) is 0 Å². The predicted octanol–water partition coefficient (Wildman–Crippen LogP) is 0.578. The van der Waals surface area contributed by atoms with Gasteiger partial charge in [0.25, 0.3) is 0 Å². The molecule has 0 unspecified atom stereocenters. The lowest BCUT2D eigenvalue weighted by Crippen LogP contribution is -2.26. The molecule has 0 radical (unpaired) electrons. The van der Waals surface area contributed by atoms with Crippen LogP contribution in [0.15, 0.2) is 10.3 Å². The molecule has 1 aliphatic carbocycles. The van der Waals surface area contributed by atoms with E-state index >= 15 is 0 Å². The van der Waals surface area contributed by atoms with Crippen LogP contribution >= 0.6 is 0 Å². The number of nitrogens with zero attached hydrogens (tertiary/aromatic N) is 2. The Bertz CT molecular complexity index is 411. The maximum absolute atomic E-state index is 11.2. The van der Waals surface area contributed by atoms with E-state index in [0.717, 1.165) is 0 Å². The van der Waals surface area contributed by atoms with E-state index in [1.165, 1.54) is 13.8 Å². The van der Waals surface area contributed by atoms with Crippen LogP contribution in [0.2, 0.25) is 0 Å². The Balaban J connectivity index is 2.81. The highest BCUT2D eigenvalue weighted by atomic mass is 16.7. The standard InChI is InChI=1S/C10H12N2O5/c1-6(13)16-11-9-4-3-8(15)5-10(9)12-17-7(2)14/h3-5H2,1-2H3/b11-9-,12-10+. The Morgan fingerprint density at radius 1 is 1.00 bits per heavy atom. The minimum atomic E-state index is -0.595. The van der Waals surface area contributed by atoms with Gasteiger partial charge in [0.05, 0.1) is 6.42 Å². The maximum Gasteiger partial charge on any atom is 0.331 e. The molecule has 17 heavy (non-hydrogen) atoms. The minimum absolute atomic E-state index is 0.0212. The first-order valence-corrected chi connectivity index (χ1v) is 5.00. The predicted molar refractivity (Wildman–Crippen MR) is 57.3 cm³/mol. The van der Waals surface area contributed by atoms with Gasteiger partial charge in [-0.3, -0.25) is 4.79 Å². The average molecular weight is 240 g/mol. The van der Waals surface area contributed by atoms with Gasteiger partial charge in [0.15, 0.2) is 0 Å². The van der Waals surface area contributed by atoms with Crippen LogP contribution in [-0.2, 0) is 24.1 Å². The number of carbonyl (C=O) groups is 3. The summed E-state index contributed by atoms with van der Waals surface area (Å²) < 4.78 is 0. The molecular formula is C10H12N2O5. The number of hydrogen-bond donors (Lipinski definition) is 0. The highest BCUT2D eigenvalue weighted by molar-refractivity contribution is 6.46. The van der Waals surface area contributed by atoms with Crippen molar-refractivity contribution in [2.24, 2.45) is 10.3 Å². The van der Waals surface area contributed by atoms with Crippen LogP contribution in [0.1, 0.15) is 33.1 Å². The first kappa shape index (κ1) is 13.0. The normalized spacial score (nSPS) is 20.5. The molecule has 0 aromatic rings. The third kappa shape index (κ3) is 4.54. The molecule has 1 rings (SSSR count). The Hall–Kier alpha value is -2.05. The van der Waals surface area contributed by atoms with E-state index in [1.54, 1.807) is 0 Å². The Labute approximate surface area is 97.4 Å². The number of ketones is 1. The fraction of sp³-hybridized carbons (Fsp3) is 0.500. The zero-order chi connectivity index (χ0) is 12.8. The summed E-state index contributed by atoms with van der Waals surface area (Å²) in [4.78, 5) is 41.3. The first-order chi connectivity index (χ1) is 7.99. The zero-order valence-corrected chi connectivity index (χ0v) is 9.56. The lowest BCUT2D eigenvalue weighted by Gasteiger charge is -2.12. The van der Waals surface area contributed by atoms with Crippen LogP contribution in [-0.4, -0.2) is 29.1 Å². The van der Waals surface area contributed by atoms with Gasteiger partial charge in [0.2, 0.25) is 0 Å². The van der Waals surface area contributed by atoms with Crippen LogP contribution < -0.4 is 0 Å². The van der Waals surface area contributed by atoms with E-state index in [1.807, 2.05) is 0 Å². The van der Waals surface area contributed by atoms with Gasteiger partial charge < -0.3 is 9.68 Å². The summed E-state index contributed by atoms with van der Waals surface area (Å²) in [6.45, 7) is 2.40. The van der Waals surface area contributed by atoms with E-state index in [0.29, 0.717) is 18.6 Å². The van der Waals surface area contributed by atoms with Crippen molar-refractivity contribution in [2.75, 3.05) is 0 Å². The van der Waals surface area contributed by atoms with Gasteiger partial charge in [-0.05, 0) is 0 Å². The summed E-state index contributed by atoms with van der Waals surface area (Å²) >= 11 is 0. The smallest absolute Gasteiger partial charge is 0.318 e. The largest absolute Gasteiger partial charge is 0.331 e. The summed E-state index contributed by atoms with van der Waals surface area (Å²) in [6, 6.07) is 0. The fourth-order valence-corrected chi connectivity index (χ4v) is 1.20. The van der Waals surface area contributed by atoms with Crippen LogP contribution in [0.4, 0.5) is 0 Å². The summed E-state index contributed by atoms with van der Waals surface area (Å²) in [5.41, 5.74) is 0.568. The molecule has 0 amide bonds. The Morgan fingerprint density at radius 3 is 2.06 bits per heavy atom. The quantitative estimate of drug-likeness (QED) is 0.519. The third-order valence-corrected chi connectivity index (χ3v) is 1.91. The van der Waals surface area contributed by atoms with Crippen LogP contribution in [0, 0.1) is 0 Å². The number of hydrogen-bond acceptors (Lipinski definition) is 7. The number of Topliss-reactive ketones (excluding diaryl/α,β-unsaturated/α-hetero) is 1. The van der Waals surface area contributed by atoms with Gasteiger partial charge in [-0.25, -0.2) is 9.59 Å². The van der Waals surface area contributed by atoms with E-state index in [4.69, 9.17) is 0 Å². The van der Waals surface area contributed by atoms with Crippen molar-refractivity contribution < 1.29 is 24.1 Å². The summed E-state index contributed by atoms with van der Waals surface area (Å²) in [5, 5.41) is 7.09. The van der Waals surface area contributed by atoms with Gasteiger partial charge in [-0.1, -0.05) is 10.3 Å². The van der Waals surface area contributed by atoms with Crippen molar-refractivity contribution in [1.29, 1.82) is 0 Å². The highest BCUT2D eigenvalue weighted by Crippen LogP contribution is 2.11. The molecule has 0 aromatic carbocycles. The highest BCUT2D eigenvalue weighted by Gasteiger charge is 2.23. The second kappa shape index (κ2) is 5.88. The average Bonchev–Trinajstić information content (AvgIpc) is 2.24. The molecule has 1 saturated carbocycles. The lowest BCUT2D eigenvalue weighted by molar-refractivity contribution is -0.142. The van der Waals surface area contributed by atoms with Gasteiger partial charge in [-0.15, -0.1) is 0 Å². The molecular weight excluding hydrogens is 228 g/mol.